The zero-order valence-corrected chi connectivity index (χ0v) is 18.4. The molecule has 31 heavy (non-hydrogen) atoms. The van der Waals surface area contributed by atoms with Crippen molar-refractivity contribution < 1.29 is 0 Å². The molecular weight excluding hydrogens is 408 g/mol. The van der Waals surface area contributed by atoms with Gasteiger partial charge in [0.15, 0.2) is 0 Å². The van der Waals surface area contributed by atoms with Gasteiger partial charge in [0.1, 0.15) is 17.5 Å². The Morgan fingerprint density at radius 1 is 1.13 bits per heavy atom. The summed E-state index contributed by atoms with van der Waals surface area (Å²) in [6.07, 6.45) is 8.74. The highest BCUT2D eigenvalue weighted by Gasteiger charge is 2.54. The number of rotatable bonds is 7. The fourth-order valence-corrected chi connectivity index (χ4v) is 6.50. The lowest BCUT2D eigenvalue weighted by atomic mass is 9.48. The van der Waals surface area contributed by atoms with E-state index in [-0.39, 0.29) is 0 Å². The Balaban J connectivity index is 1.23. The first-order valence-electron chi connectivity index (χ1n) is 11.3. The summed E-state index contributed by atoms with van der Waals surface area (Å²) in [6, 6.07) is 10.5. The van der Waals surface area contributed by atoms with Crippen LogP contribution in [0.25, 0.3) is 0 Å². The van der Waals surface area contributed by atoms with Gasteiger partial charge in [-0.3, -0.25) is 0 Å². The molecule has 0 aliphatic heterocycles. The fourth-order valence-electron chi connectivity index (χ4n) is 6.37. The average molecular weight is 437 g/mol. The van der Waals surface area contributed by atoms with Crippen molar-refractivity contribution in [3.8, 4) is 6.07 Å². The van der Waals surface area contributed by atoms with Gasteiger partial charge < -0.3 is 16.4 Å². The minimum absolute atomic E-state index is 0.298. The zero-order chi connectivity index (χ0) is 21.4. The summed E-state index contributed by atoms with van der Waals surface area (Å²) in [5.41, 5.74) is 8.48. The van der Waals surface area contributed by atoms with Crippen LogP contribution in [0.4, 0.5) is 11.8 Å². The summed E-state index contributed by atoms with van der Waals surface area (Å²) in [6.45, 7) is 1.57. The predicted molar refractivity (Wildman–Crippen MR) is 123 cm³/mol. The number of anilines is 2. The summed E-state index contributed by atoms with van der Waals surface area (Å²) in [5.74, 6) is 3.33. The molecule has 6 nitrogen and oxygen atoms in total. The third-order valence-corrected chi connectivity index (χ3v) is 7.87. The maximum Gasteiger partial charge on any atom is 0.224 e. The third kappa shape index (κ3) is 4.22. The van der Waals surface area contributed by atoms with E-state index in [9.17, 15) is 5.26 Å². The first kappa shape index (κ1) is 20.5. The van der Waals surface area contributed by atoms with E-state index in [1.807, 2.05) is 24.3 Å². The van der Waals surface area contributed by atoms with E-state index in [1.165, 1.54) is 37.7 Å². The van der Waals surface area contributed by atoms with E-state index < -0.39 is 0 Å². The highest BCUT2D eigenvalue weighted by Crippen LogP contribution is 2.59. The maximum absolute atomic E-state index is 9.53. The van der Waals surface area contributed by atoms with Crippen LogP contribution in [-0.2, 0) is 6.42 Å². The van der Waals surface area contributed by atoms with Crippen LogP contribution < -0.4 is 16.4 Å². The van der Waals surface area contributed by atoms with Crippen molar-refractivity contribution >= 4 is 23.4 Å². The number of nitrogens with zero attached hydrogens (tertiary/aromatic N) is 3. The van der Waals surface area contributed by atoms with E-state index in [0.717, 1.165) is 23.9 Å². The number of halogens is 1. The van der Waals surface area contributed by atoms with Crippen LogP contribution in [0.5, 0.6) is 0 Å². The predicted octanol–water partition coefficient (Wildman–Crippen LogP) is 4.22. The normalized spacial score (nSPS) is 30.7. The van der Waals surface area contributed by atoms with Gasteiger partial charge in [-0.2, -0.15) is 10.2 Å². The molecule has 4 fully saturated rings. The number of aromatic nitrogens is 2. The molecule has 4 aliphatic carbocycles. The lowest BCUT2D eigenvalue weighted by Crippen LogP contribution is -2.58. The second kappa shape index (κ2) is 8.29. The Morgan fingerprint density at radius 2 is 1.87 bits per heavy atom. The van der Waals surface area contributed by atoms with E-state index in [2.05, 4.69) is 26.7 Å². The molecule has 0 spiro atoms. The van der Waals surface area contributed by atoms with Crippen molar-refractivity contribution in [2.75, 3.05) is 23.7 Å². The van der Waals surface area contributed by atoms with Crippen molar-refractivity contribution in [3.05, 3.63) is 46.6 Å². The highest BCUT2D eigenvalue weighted by molar-refractivity contribution is 6.30. The summed E-state index contributed by atoms with van der Waals surface area (Å²) in [4.78, 5) is 8.94. The summed E-state index contributed by atoms with van der Waals surface area (Å²) in [7, 11) is 0. The van der Waals surface area contributed by atoms with Gasteiger partial charge in [-0.25, -0.2) is 4.98 Å². The molecular formula is C24H29ClN6. The van der Waals surface area contributed by atoms with Crippen molar-refractivity contribution in [3.63, 3.8) is 0 Å². The first-order chi connectivity index (χ1) is 15.0. The minimum Gasteiger partial charge on any atom is -0.368 e. The average Bonchev–Trinajstić information content (AvgIpc) is 2.77. The van der Waals surface area contributed by atoms with Crippen molar-refractivity contribution in [2.45, 2.75) is 44.6 Å². The number of nitrogens with one attached hydrogen (secondary N) is 2. The van der Waals surface area contributed by atoms with Crippen LogP contribution in [0.1, 0.15) is 43.2 Å². The lowest BCUT2D eigenvalue weighted by molar-refractivity contribution is -0.0591. The maximum atomic E-state index is 9.53. The van der Waals surface area contributed by atoms with Crippen LogP contribution in [0, 0.1) is 34.5 Å². The molecule has 6 rings (SSSR count). The number of nitriles is 1. The van der Waals surface area contributed by atoms with Gasteiger partial charge in [0.2, 0.25) is 5.95 Å². The number of hydrogen-bond acceptors (Lipinski definition) is 6. The van der Waals surface area contributed by atoms with E-state index in [4.69, 9.17) is 17.3 Å². The van der Waals surface area contributed by atoms with Crippen LogP contribution in [0.15, 0.2) is 30.5 Å². The standard InChI is InChI=1S/C24H29ClN6/c25-20-3-1-15(2-4-20)5-6-28-23-29-13-19(12-26)22(31-23)30-14-24-9-16-7-17(10-24)21(27)18(8-16)11-24/h1-4,13,16-18,21H,5-11,14,27H2,(H2,28,29,30,31)/t16?,17-,18+,21?,24?. The van der Waals surface area contributed by atoms with Crippen molar-refractivity contribution in [1.29, 1.82) is 5.26 Å². The molecule has 0 saturated heterocycles. The molecule has 3 unspecified atom stereocenters. The molecule has 4 bridgehead atoms. The Bertz CT molecular complexity index is 969. The van der Waals surface area contributed by atoms with Crippen molar-refractivity contribution in [2.24, 2.45) is 28.9 Å². The molecule has 4 N–H and O–H groups in total. The van der Waals surface area contributed by atoms with Gasteiger partial charge in [0, 0.05) is 24.2 Å². The molecule has 7 heteroatoms. The molecule has 0 radical (unpaired) electrons. The van der Waals surface area contributed by atoms with Crippen molar-refractivity contribution in [1.82, 2.24) is 9.97 Å². The van der Waals surface area contributed by atoms with E-state index in [1.54, 1.807) is 6.20 Å². The number of benzene rings is 1. The number of hydrogen-bond donors (Lipinski definition) is 3. The molecule has 4 saturated carbocycles. The van der Waals surface area contributed by atoms with Gasteiger partial charge in [-0.15, -0.1) is 0 Å². The fraction of sp³-hybridized carbons (Fsp3) is 0.542. The molecule has 4 aliphatic rings. The van der Waals surface area contributed by atoms with Gasteiger partial charge in [0.05, 0.1) is 6.20 Å². The van der Waals surface area contributed by atoms with Gasteiger partial charge >= 0.3 is 0 Å². The Labute approximate surface area is 188 Å². The Morgan fingerprint density at radius 3 is 2.58 bits per heavy atom. The highest BCUT2D eigenvalue weighted by atomic mass is 35.5. The molecule has 162 valence electrons. The summed E-state index contributed by atoms with van der Waals surface area (Å²) < 4.78 is 0. The van der Waals surface area contributed by atoms with Gasteiger partial charge in [-0.1, -0.05) is 23.7 Å². The third-order valence-electron chi connectivity index (χ3n) is 7.62. The smallest absolute Gasteiger partial charge is 0.224 e. The van der Waals surface area contributed by atoms with Crippen LogP contribution >= 0.6 is 11.6 Å². The van der Waals surface area contributed by atoms with E-state index >= 15 is 0 Å². The summed E-state index contributed by atoms with van der Waals surface area (Å²) >= 11 is 5.95. The molecule has 5 atom stereocenters. The molecule has 0 amide bonds. The molecule has 1 aromatic carbocycles. The topological polar surface area (TPSA) is 99.6 Å². The SMILES string of the molecule is N#Cc1cnc(NCCc2ccc(Cl)cc2)nc1NCC12CC3C[C@H](C1)C(N)[C@@H](C3)C2. The van der Waals surface area contributed by atoms with Crippen LogP contribution in [0.2, 0.25) is 5.02 Å². The van der Waals surface area contributed by atoms with Gasteiger partial charge in [-0.05, 0) is 79.4 Å². The zero-order valence-electron chi connectivity index (χ0n) is 17.6. The lowest BCUT2D eigenvalue weighted by Gasteiger charge is -2.59. The minimum atomic E-state index is 0.298. The van der Waals surface area contributed by atoms with Crippen LogP contribution in [0.3, 0.4) is 0 Å². The second-order valence-corrected chi connectivity index (χ2v) is 10.2. The number of nitrogens with two attached hydrogens (primary N) is 1. The molecule has 1 heterocycles. The van der Waals surface area contributed by atoms with Crippen LogP contribution in [-0.4, -0.2) is 29.1 Å². The largest absolute Gasteiger partial charge is 0.368 e. The van der Waals surface area contributed by atoms with E-state index in [0.29, 0.717) is 47.2 Å². The molecule has 1 aromatic heterocycles. The first-order valence-corrected chi connectivity index (χ1v) is 11.7. The quantitative estimate of drug-likeness (QED) is 0.600. The van der Waals surface area contributed by atoms with Gasteiger partial charge in [0.25, 0.3) is 0 Å². The molecule has 2 aromatic rings. The second-order valence-electron chi connectivity index (χ2n) is 9.77. The Hall–Kier alpha value is -2.36. The monoisotopic (exact) mass is 436 g/mol. The Kier molecular flexibility index (Phi) is 5.49. The summed E-state index contributed by atoms with van der Waals surface area (Å²) in [5, 5.41) is 17.1.